The first kappa shape index (κ1) is 35.1. The van der Waals surface area contributed by atoms with Gasteiger partial charge in [-0.1, -0.05) is 36.4 Å². The van der Waals surface area contributed by atoms with Crippen LogP contribution < -0.4 is 20.7 Å². The molecular formula is C37H35F3N6O5S. The number of carbonyl (C=O) groups is 1. The summed E-state index contributed by atoms with van der Waals surface area (Å²) in [6, 6.07) is 20.2. The summed E-state index contributed by atoms with van der Waals surface area (Å²) in [7, 11) is -3.69. The normalized spacial score (nSPS) is 18.1. The number of nitrogens with zero attached hydrogens (tertiary/aromatic N) is 4. The van der Waals surface area contributed by atoms with Gasteiger partial charge < -0.3 is 25.8 Å². The Morgan fingerprint density at radius 1 is 1.00 bits per heavy atom. The lowest BCUT2D eigenvalue weighted by atomic mass is 9.76. The quantitative estimate of drug-likeness (QED) is 0.170. The van der Waals surface area contributed by atoms with Crippen LogP contribution in [0.3, 0.4) is 0 Å². The first-order chi connectivity index (χ1) is 24.7. The first-order valence-corrected chi connectivity index (χ1v) is 18.5. The number of pyridine rings is 1. The number of alkyl halides is 3. The maximum atomic E-state index is 15.1. The molecule has 0 aliphatic carbocycles. The van der Waals surface area contributed by atoms with Gasteiger partial charge in [-0.15, -0.1) is 0 Å². The van der Waals surface area contributed by atoms with Crippen LogP contribution in [0.1, 0.15) is 30.9 Å². The highest BCUT2D eigenvalue weighted by atomic mass is 32.2. The number of sulfone groups is 1. The van der Waals surface area contributed by atoms with Gasteiger partial charge in [-0.3, -0.25) is 9.78 Å². The summed E-state index contributed by atoms with van der Waals surface area (Å²) in [5.74, 6) is -1.26. The second-order valence-electron chi connectivity index (χ2n) is 13.4. The van der Waals surface area contributed by atoms with Gasteiger partial charge in [0.1, 0.15) is 11.9 Å². The number of nitrogen functional groups attached to an aromatic ring is 1. The van der Waals surface area contributed by atoms with Crippen LogP contribution >= 0.6 is 0 Å². The first-order valence-electron chi connectivity index (χ1n) is 16.6. The van der Waals surface area contributed by atoms with E-state index in [1.54, 1.807) is 30.5 Å². The van der Waals surface area contributed by atoms with Gasteiger partial charge in [0.25, 0.3) is 0 Å². The molecule has 0 unspecified atom stereocenters. The Balaban J connectivity index is 1.25. The fourth-order valence-electron chi connectivity index (χ4n) is 7.13. The molecule has 2 saturated heterocycles. The number of benzene rings is 3. The molecule has 1 spiro atoms. The number of aromatic nitrogens is 3. The highest BCUT2D eigenvalue weighted by Crippen LogP contribution is 2.44. The van der Waals surface area contributed by atoms with Gasteiger partial charge in [-0.25, -0.2) is 8.42 Å². The van der Waals surface area contributed by atoms with Crippen molar-refractivity contribution >= 4 is 38.5 Å². The van der Waals surface area contributed by atoms with Crippen molar-refractivity contribution in [3.63, 3.8) is 0 Å². The molecule has 4 N–H and O–H groups in total. The molecule has 0 amide bonds. The summed E-state index contributed by atoms with van der Waals surface area (Å²) in [6.45, 7) is 1.54. The van der Waals surface area contributed by atoms with E-state index in [9.17, 15) is 18.3 Å². The van der Waals surface area contributed by atoms with Crippen LogP contribution in [0.25, 0.3) is 33.2 Å². The van der Waals surface area contributed by atoms with Gasteiger partial charge >= 0.3 is 12.1 Å². The summed E-state index contributed by atoms with van der Waals surface area (Å²) < 4.78 is 76.0. The van der Waals surface area contributed by atoms with E-state index in [0.717, 1.165) is 22.7 Å². The van der Waals surface area contributed by atoms with Gasteiger partial charge in [0, 0.05) is 49.1 Å². The lowest BCUT2D eigenvalue weighted by Gasteiger charge is -2.39. The van der Waals surface area contributed by atoms with Crippen molar-refractivity contribution in [3.8, 4) is 28.1 Å². The molecule has 7 rings (SSSR count). The molecule has 270 valence electrons. The third kappa shape index (κ3) is 7.23. The van der Waals surface area contributed by atoms with E-state index in [1.165, 1.54) is 30.3 Å². The van der Waals surface area contributed by atoms with E-state index in [4.69, 9.17) is 10.5 Å². The summed E-state index contributed by atoms with van der Waals surface area (Å²) in [5.41, 5.74) is 7.99. The van der Waals surface area contributed by atoms with Gasteiger partial charge in [0.05, 0.1) is 10.4 Å². The molecule has 2 fully saturated rings. The largest absolute Gasteiger partial charge is 0.480 e. The minimum Gasteiger partial charge on any atom is -0.480 e. The number of rotatable bonds is 8. The van der Waals surface area contributed by atoms with Crippen molar-refractivity contribution in [2.24, 2.45) is 5.41 Å². The average Bonchev–Trinajstić information content (AvgIpc) is 3.53. The maximum absolute atomic E-state index is 15.1. The second kappa shape index (κ2) is 13.4. The van der Waals surface area contributed by atoms with Crippen LogP contribution in [0.4, 0.5) is 24.9 Å². The Labute approximate surface area is 297 Å². The predicted octanol–water partition coefficient (Wildman–Crippen LogP) is 6.06. The molecule has 2 aromatic heterocycles. The Hall–Kier alpha value is -5.28. The van der Waals surface area contributed by atoms with Gasteiger partial charge in [0.15, 0.2) is 9.84 Å². The predicted molar refractivity (Wildman–Crippen MR) is 190 cm³/mol. The number of carboxylic acids is 1. The van der Waals surface area contributed by atoms with E-state index in [1.807, 2.05) is 29.2 Å². The van der Waals surface area contributed by atoms with Crippen molar-refractivity contribution in [2.45, 2.75) is 42.5 Å². The molecule has 11 nitrogen and oxygen atoms in total. The molecule has 2 atom stereocenters. The standard InChI is InChI=1S/C37H35F3N6O5S/c1-52(49,50)26-6-2-4-24(17-26)28-18-23(22-8-10-29-25(16-22)5-3-13-42-29)7-9-27(28)33(37(38,39)40)51-32-19-31(44-35(41)45-32)46-14-11-36(12-15-46)20-30(34(47)48)43-21-36/h2-10,13,16-19,30,33,43H,11-12,14-15,20-21H2,1H3,(H,47,48)(H2,41,44,45)/t30-,33+/m0/s1. The topological polar surface area (TPSA) is 161 Å². The monoisotopic (exact) mass is 732 g/mol. The maximum Gasteiger partial charge on any atom is 0.429 e. The minimum atomic E-state index is -4.94. The molecule has 0 saturated carbocycles. The minimum absolute atomic E-state index is 0.0500. The number of nitrogens with two attached hydrogens (primary N) is 1. The van der Waals surface area contributed by atoms with Crippen LogP contribution in [0.15, 0.2) is 90.0 Å². The van der Waals surface area contributed by atoms with Crippen LogP contribution in [0, 0.1) is 5.41 Å². The van der Waals surface area contributed by atoms with Gasteiger partial charge in [-0.2, -0.15) is 23.1 Å². The highest BCUT2D eigenvalue weighted by Gasteiger charge is 2.46. The summed E-state index contributed by atoms with van der Waals surface area (Å²) >= 11 is 0. The van der Waals surface area contributed by atoms with Crippen molar-refractivity contribution in [1.82, 2.24) is 20.3 Å². The molecule has 4 heterocycles. The Kier molecular flexibility index (Phi) is 9.03. The number of fused-ring (bicyclic) bond motifs is 1. The number of hydrogen-bond acceptors (Lipinski definition) is 10. The number of halogens is 3. The number of carboxylic acid groups (broad SMARTS) is 1. The zero-order chi connectivity index (χ0) is 36.8. The van der Waals surface area contributed by atoms with Gasteiger partial charge in [-0.05, 0) is 83.3 Å². The lowest BCUT2D eigenvalue weighted by Crippen LogP contribution is -2.41. The molecule has 52 heavy (non-hydrogen) atoms. The lowest BCUT2D eigenvalue weighted by molar-refractivity contribution is -0.198. The van der Waals surface area contributed by atoms with Crippen molar-refractivity contribution in [2.75, 3.05) is 36.5 Å². The average molecular weight is 733 g/mol. The molecule has 2 aliphatic heterocycles. The van der Waals surface area contributed by atoms with Crippen LogP contribution in [0.5, 0.6) is 5.88 Å². The van der Waals surface area contributed by atoms with Crippen molar-refractivity contribution < 1.29 is 36.2 Å². The fraction of sp³-hybridized carbons (Fsp3) is 0.297. The van der Waals surface area contributed by atoms with Gasteiger partial charge in [0.2, 0.25) is 17.9 Å². The number of hydrogen-bond donors (Lipinski definition) is 3. The summed E-state index contributed by atoms with van der Waals surface area (Å²) in [6.07, 6.45) is -2.95. The Morgan fingerprint density at radius 3 is 2.46 bits per heavy atom. The molecular weight excluding hydrogens is 698 g/mol. The Morgan fingerprint density at radius 2 is 1.75 bits per heavy atom. The van der Waals surface area contributed by atoms with E-state index >= 15 is 13.2 Å². The molecule has 15 heteroatoms. The summed E-state index contributed by atoms with van der Waals surface area (Å²) in [4.78, 5) is 26.0. The fourth-order valence-corrected chi connectivity index (χ4v) is 7.79. The zero-order valence-corrected chi connectivity index (χ0v) is 28.8. The second-order valence-corrected chi connectivity index (χ2v) is 15.5. The molecule has 0 radical (unpaired) electrons. The third-order valence-electron chi connectivity index (χ3n) is 9.89. The van der Waals surface area contributed by atoms with Crippen LogP contribution in [-0.4, -0.2) is 72.6 Å². The molecule has 2 aliphatic rings. The number of ether oxygens (including phenoxy) is 1. The van der Waals surface area contributed by atoms with Crippen LogP contribution in [-0.2, 0) is 14.6 Å². The van der Waals surface area contributed by atoms with Crippen LogP contribution in [0.2, 0.25) is 0 Å². The van der Waals surface area contributed by atoms with Crippen molar-refractivity contribution in [1.29, 1.82) is 0 Å². The molecule has 0 bridgehead atoms. The van der Waals surface area contributed by atoms with E-state index in [-0.39, 0.29) is 38.8 Å². The highest BCUT2D eigenvalue weighted by molar-refractivity contribution is 7.90. The molecule has 5 aromatic rings. The zero-order valence-electron chi connectivity index (χ0n) is 28.0. The third-order valence-corrected chi connectivity index (χ3v) is 11.0. The van der Waals surface area contributed by atoms with E-state index in [2.05, 4.69) is 20.3 Å². The Bertz CT molecular complexity index is 2280. The van der Waals surface area contributed by atoms with Crippen molar-refractivity contribution in [3.05, 3.63) is 90.6 Å². The van der Waals surface area contributed by atoms with E-state index < -0.39 is 34.1 Å². The van der Waals surface area contributed by atoms with E-state index in [0.29, 0.717) is 50.3 Å². The number of anilines is 2. The number of nitrogens with one attached hydrogen (secondary N) is 1. The number of aliphatic carboxylic acids is 1. The SMILES string of the molecule is CS(=O)(=O)c1cccc(-c2cc(-c3ccc4ncccc4c3)ccc2[C@@H](Oc2cc(N3CCC4(CC3)CN[C@H](C(=O)O)C4)nc(N)n2)C(F)(F)F)c1. The summed E-state index contributed by atoms with van der Waals surface area (Å²) in [5, 5.41) is 13.3. The smallest absolute Gasteiger partial charge is 0.429 e. The number of piperidine rings is 1. The molecule has 3 aromatic carbocycles.